The van der Waals surface area contributed by atoms with Crippen LogP contribution < -0.4 is 5.32 Å². The minimum atomic E-state index is -0.319. The number of benzene rings is 2. The summed E-state index contributed by atoms with van der Waals surface area (Å²) >= 11 is 1.99. The van der Waals surface area contributed by atoms with Crippen LogP contribution in [-0.4, -0.2) is 10.9 Å². The highest BCUT2D eigenvalue weighted by molar-refractivity contribution is 14.1. The van der Waals surface area contributed by atoms with Gasteiger partial charge in [-0.25, -0.2) is 4.39 Å². The van der Waals surface area contributed by atoms with Crippen molar-refractivity contribution in [3.05, 3.63) is 63.6 Å². The van der Waals surface area contributed by atoms with Gasteiger partial charge < -0.3 is 10.3 Å². The molecule has 2 aromatic carbocycles. The van der Waals surface area contributed by atoms with Crippen LogP contribution in [0, 0.1) is 9.39 Å². The van der Waals surface area contributed by atoms with Crippen molar-refractivity contribution in [1.82, 2.24) is 4.98 Å². The smallest absolute Gasteiger partial charge is 0.255 e. The topological polar surface area (TPSA) is 44.9 Å². The van der Waals surface area contributed by atoms with Gasteiger partial charge >= 0.3 is 0 Å². The van der Waals surface area contributed by atoms with Crippen LogP contribution in [0.4, 0.5) is 10.1 Å². The third-order valence-electron chi connectivity index (χ3n) is 3.00. The summed E-state index contributed by atoms with van der Waals surface area (Å²) in [6.45, 7) is 0. The van der Waals surface area contributed by atoms with Crippen molar-refractivity contribution in [2.75, 3.05) is 5.32 Å². The van der Waals surface area contributed by atoms with Gasteiger partial charge in [-0.05, 0) is 64.4 Å². The highest BCUT2D eigenvalue weighted by Gasteiger charge is 2.09. The van der Waals surface area contributed by atoms with Crippen LogP contribution in [0.5, 0.6) is 0 Å². The molecular formula is C15H10FIN2O. The van der Waals surface area contributed by atoms with E-state index in [4.69, 9.17) is 0 Å². The van der Waals surface area contributed by atoms with Gasteiger partial charge in [0.1, 0.15) is 5.82 Å². The van der Waals surface area contributed by atoms with Gasteiger partial charge in [0.05, 0.1) is 5.69 Å². The van der Waals surface area contributed by atoms with Crippen molar-refractivity contribution in [2.45, 2.75) is 0 Å². The zero-order chi connectivity index (χ0) is 14.1. The van der Waals surface area contributed by atoms with Crippen molar-refractivity contribution < 1.29 is 9.18 Å². The Morgan fingerprint density at radius 1 is 1.15 bits per heavy atom. The number of aromatic nitrogens is 1. The van der Waals surface area contributed by atoms with Gasteiger partial charge in [0.25, 0.3) is 5.91 Å². The SMILES string of the molecule is O=C(Nc1ccc(F)cc1I)c1ccc2cc[nH]c2c1. The summed E-state index contributed by atoms with van der Waals surface area (Å²) < 4.78 is 13.7. The van der Waals surface area contributed by atoms with Crippen LogP contribution in [-0.2, 0) is 0 Å². The number of anilines is 1. The van der Waals surface area contributed by atoms with E-state index in [0.29, 0.717) is 14.8 Å². The summed E-state index contributed by atoms with van der Waals surface area (Å²) in [5.41, 5.74) is 2.06. The normalized spacial score (nSPS) is 10.7. The molecule has 3 rings (SSSR count). The molecule has 1 heterocycles. The van der Waals surface area contributed by atoms with Crippen molar-refractivity contribution in [2.24, 2.45) is 0 Å². The average Bonchev–Trinajstić information content (AvgIpc) is 2.89. The Morgan fingerprint density at radius 3 is 2.80 bits per heavy atom. The molecule has 0 fully saturated rings. The zero-order valence-corrected chi connectivity index (χ0v) is 12.4. The first-order chi connectivity index (χ1) is 9.63. The number of aromatic amines is 1. The third-order valence-corrected chi connectivity index (χ3v) is 3.89. The van der Waals surface area contributed by atoms with Crippen LogP contribution >= 0.6 is 22.6 Å². The fourth-order valence-electron chi connectivity index (χ4n) is 1.97. The largest absolute Gasteiger partial charge is 0.361 e. The second-order valence-corrected chi connectivity index (χ2v) is 5.52. The molecule has 0 saturated heterocycles. The number of hydrogen-bond donors (Lipinski definition) is 2. The lowest BCUT2D eigenvalue weighted by Gasteiger charge is -2.07. The third kappa shape index (κ3) is 2.53. The van der Waals surface area contributed by atoms with Crippen LogP contribution in [0.25, 0.3) is 10.9 Å². The molecule has 1 aromatic heterocycles. The van der Waals surface area contributed by atoms with Gasteiger partial charge in [-0.1, -0.05) is 6.07 Å². The fourth-order valence-corrected chi connectivity index (χ4v) is 2.59. The van der Waals surface area contributed by atoms with E-state index in [-0.39, 0.29) is 11.7 Å². The van der Waals surface area contributed by atoms with Crippen LogP contribution in [0.2, 0.25) is 0 Å². The maximum absolute atomic E-state index is 13.0. The lowest BCUT2D eigenvalue weighted by atomic mass is 10.1. The lowest BCUT2D eigenvalue weighted by molar-refractivity contribution is 0.102. The predicted molar refractivity (Wildman–Crippen MR) is 85.4 cm³/mol. The quantitative estimate of drug-likeness (QED) is 0.645. The van der Waals surface area contributed by atoms with Crippen molar-refractivity contribution >= 4 is 45.1 Å². The number of H-pyrrole nitrogens is 1. The summed E-state index contributed by atoms with van der Waals surface area (Å²) in [6, 6.07) is 11.7. The first kappa shape index (κ1) is 13.1. The van der Waals surface area contributed by atoms with Gasteiger partial charge in [0, 0.05) is 20.8 Å². The molecule has 3 aromatic rings. The van der Waals surface area contributed by atoms with Crippen molar-refractivity contribution in [3.63, 3.8) is 0 Å². The molecule has 20 heavy (non-hydrogen) atoms. The van der Waals surface area contributed by atoms with Gasteiger partial charge in [0.15, 0.2) is 0 Å². The Bertz CT molecular complexity index is 797. The van der Waals surface area contributed by atoms with E-state index in [9.17, 15) is 9.18 Å². The predicted octanol–water partition coefficient (Wildman–Crippen LogP) is 4.16. The van der Waals surface area contributed by atoms with E-state index in [1.54, 1.807) is 18.2 Å². The molecule has 0 aliphatic carbocycles. The van der Waals surface area contributed by atoms with E-state index in [1.165, 1.54) is 12.1 Å². The molecule has 2 N–H and O–H groups in total. The van der Waals surface area contributed by atoms with E-state index >= 15 is 0 Å². The molecule has 0 saturated carbocycles. The van der Waals surface area contributed by atoms with Gasteiger partial charge in [-0.2, -0.15) is 0 Å². The summed E-state index contributed by atoms with van der Waals surface area (Å²) in [6.07, 6.45) is 1.83. The number of carbonyl (C=O) groups is 1. The molecule has 3 nitrogen and oxygen atoms in total. The molecule has 0 bridgehead atoms. The first-order valence-electron chi connectivity index (χ1n) is 5.97. The minimum Gasteiger partial charge on any atom is -0.361 e. The molecule has 5 heteroatoms. The molecule has 100 valence electrons. The maximum Gasteiger partial charge on any atom is 0.255 e. The molecule has 0 atom stereocenters. The van der Waals surface area contributed by atoms with E-state index in [2.05, 4.69) is 10.3 Å². The van der Waals surface area contributed by atoms with Gasteiger partial charge in [-0.15, -0.1) is 0 Å². The van der Waals surface area contributed by atoms with E-state index in [1.807, 2.05) is 40.9 Å². The van der Waals surface area contributed by atoms with Crippen LogP contribution in [0.3, 0.4) is 0 Å². The highest BCUT2D eigenvalue weighted by atomic mass is 127. The number of hydrogen-bond acceptors (Lipinski definition) is 1. The Hall–Kier alpha value is -1.89. The standard InChI is InChI=1S/C15H10FIN2O/c16-11-3-4-13(12(17)8-11)19-15(20)10-2-1-9-5-6-18-14(9)7-10/h1-8,18H,(H,19,20). The molecule has 0 spiro atoms. The van der Waals surface area contributed by atoms with Gasteiger partial charge in [-0.3, -0.25) is 4.79 Å². The molecular weight excluding hydrogens is 370 g/mol. The zero-order valence-electron chi connectivity index (χ0n) is 10.3. The van der Waals surface area contributed by atoms with Crippen molar-refractivity contribution in [1.29, 1.82) is 0 Å². The Balaban J connectivity index is 1.88. The molecule has 0 aliphatic rings. The number of nitrogens with one attached hydrogen (secondary N) is 2. The second-order valence-electron chi connectivity index (χ2n) is 4.36. The summed E-state index contributed by atoms with van der Waals surface area (Å²) in [7, 11) is 0. The second kappa shape index (κ2) is 5.24. The molecule has 0 aliphatic heterocycles. The van der Waals surface area contributed by atoms with E-state index in [0.717, 1.165) is 10.9 Å². The van der Waals surface area contributed by atoms with Crippen molar-refractivity contribution in [3.8, 4) is 0 Å². The van der Waals surface area contributed by atoms with E-state index < -0.39 is 0 Å². The monoisotopic (exact) mass is 380 g/mol. The Morgan fingerprint density at radius 2 is 2.00 bits per heavy atom. The Kier molecular flexibility index (Phi) is 3.43. The number of fused-ring (bicyclic) bond motifs is 1. The summed E-state index contributed by atoms with van der Waals surface area (Å²) in [4.78, 5) is 15.3. The number of halogens is 2. The van der Waals surface area contributed by atoms with Crippen LogP contribution in [0.1, 0.15) is 10.4 Å². The maximum atomic E-state index is 13.0. The average molecular weight is 380 g/mol. The van der Waals surface area contributed by atoms with Gasteiger partial charge in [0.2, 0.25) is 0 Å². The number of amides is 1. The highest BCUT2D eigenvalue weighted by Crippen LogP contribution is 2.21. The fraction of sp³-hybridized carbons (Fsp3) is 0. The lowest BCUT2D eigenvalue weighted by Crippen LogP contribution is -2.12. The molecule has 1 amide bonds. The number of rotatable bonds is 2. The first-order valence-corrected chi connectivity index (χ1v) is 7.05. The molecule has 0 unspecified atom stereocenters. The Labute approximate surface area is 128 Å². The molecule has 0 radical (unpaired) electrons. The number of carbonyl (C=O) groups excluding carboxylic acids is 1. The van der Waals surface area contributed by atoms with Crippen LogP contribution in [0.15, 0.2) is 48.7 Å². The summed E-state index contributed by atoms with van der Waals surface area (Å²) in [5.74, 6) is -0.536. The minimum absolute atomic E-state index is 0.217. The summed E-state index contributed by atoms with van der Waals surface area (Å²) in [5, 5.41) is 3.84.